The van der Waals surface area contributed by atoms with Gasteiger partial charge in [0.2, 0.25) is 0 Å². The summed E-state index contributed by atoms with van der Waals surface area (Å²) in [5.41, 5.74) is 2.81. The highest BCUT2D eigenvalue weighted by Crippen LogP contribution is 2.27. The summed E-state index contributed by atoms with van der Waals surface area (Å²) in [5.74, 6) is 5.22. The van der Waals surface area contributed by atoms with Crippen LogP contribution in [0.3, 0.4) is 0 Å². The Morgan fingerprint density at radius 1 is 1.26 bits per heavy atom. The van der Waals surface area contributed by atoms with Gasteiger partial charge in [-0.05, 0) is 24.1 Å². The quantitative estimate of drug-likeness (QED) is 0.643. The molecule has 0 amide bonds. The molecule has 108 valence electrons. The minimum atomic E-state index is -4.25. The molecule has 1 atom stereocenters. The van der Waals surface area contributed by atoms with Crippen LogP contribution < -0.4 is 11.3 Å². The van der Waals surface area contributed by atoms with Crippen LogP contribution in [-0.2, 0) is 9.84 Å². The molecule has 1 rings (SSSR count). The fourth-order valence-corrected chi connectivity index (χ4v) is 2.23. The summed E-state index contributed by atoms with van der Waals surface area (Å²) in [7, 11) is -3.32. The highest BCUT2D eigenvalue weighted by atomic mass is 32.2. The zero-order valence-electron chi connectivity index (χ0n) is 10.2. The van der Waals surface area contributed by atoms with Gasteiger partial charge in [0.05, 0.1) is 4.90 Å². The smallest absolute Gasteiger partial charge is 0.271 e. The van der Waals surface area contributed by atoms with E-state index in [9.17, 15) is 21.6 Å². The van der Waals surface area contributed by atoms with E-state index in [1.54, 1.807) is 0 Å². The number of hydrazine groups is 1. The highest BCUT2D eigenvalue weighted by Gasteiger charge is 2.28. The van der Waals surface area contributed by atoms with Gasteiger partial charge in [-0.2, -0.15) is 13.2 Å². The van der Waals surface area contributed by atoms with Crippen LogP contribution in [-0.4, -0.2) is 20.8 Å². The minimum absolute atomic E-state index is 0.114. The number of nitrogens with two attached hydrogens (primary N) is 1. The van der Waals surface area contributed by atoms with Gasteiger partial charge >= 0.3 is 6.18 Å². The number of benzene rings is 1. The van der Waals surface area contributed by atoms with Gasteiger partial charge in [-0.15, -0.1) is 0 Å². The zero-order valence-corrected chi connectivity index (χ0v) is 11.1. The molecule has 0 saturated carbocycles. The second-order valence-electron chi connectivity index (χ2n) is 4.21. The first-order valence-corrected chi connectivity index (χ1v) is 7.35. The van der Waals surface area contributed by atoms with Crippen LogP contribution >= 0.6 is 0 Å². The first-order valence-electron chi connectivity index (χ1n) is 5.46. The summed E-state index contributed by atoms with van der Waals surface area (Å²) >= 11 is 0. The Kier molecular flexibility index (Phi) is 4.94. The third kappa shape index (κ3) is 5.17. The molecule has 0 fully saturated rings. The van der Waals surface area contributed by atoms with Crippen LogP contribution in [0.15, 0.2) is 29.2 Å². The molecular weight excluding hydrogens is 281 g/mol. The first-order chi connectivity index (χ1) is 8.63. The van der Waals surface area contributed by atoms with Crippen molar-refractivity contribution in [2.45, 2.75) is 30.0 Å². The van der Waals surface area contributed by atoms with E-state index in [1.807, 2.05) is 0 Å². The van der Waals surface area contributed by atoms with Crippen LogP contribution in [0.4, 0.5) is 13.2 Å². The Morgan fingerprint density at radius 2 is 1.79 bits per heavy atom. The van der Waals surface area contributed by atoms with E-state index >= 15 is 0 Å². The maximum atomic E-state index is 12.1. The molecule has 0 heterocycles. The predicted molar refractivity (Wildman–Crippen MR) is 64.9 cm³/mol. The van der Waals surface area contributed by atoms with Crippen molar-refractivity contribution < 1.29 is 21.6 Å². The highest BCUT2D eigenvalue weighted by molar-refractivity contribution is 7.90. The molecule has 3 N–H and O–H groups in total. The normalized spacial score (nSPS) is 14.4. The van der Waals surface area contributed by atoms with E-state index in [1.165, 1.54) is 24.3 Å². The van der Waals surface area contributed by atoms with E-state index in [-0.39, 0.29) is 11.3 Å². The first kappa shape index (κ1) is 15.9. The van der Waals surface area contributed by atoms with Crippen LogP contribution in [0, 0.1) is 0 Å². The van der Waals surface area contributed by atoms with Crippen LogP contribution in [0.5, 0.6) is 0 Å². The number of sulfone groups is 1. The van der Waals surface area contributed by atoms with Crippen molar-refractivity contribution >= 4 is 9.84 Å². The van der Waals surface area contributed by atoms with Crippen molar-refractivity contribution in [1.29, 1.82) is 0 Å². The lowest BCUT2D eigenvalue weighted by molar-refractivity contribution is -0.136. The second kappa shape index (κ2) is 5.89. The number of hydrogen-bond acceptors (Lipinski definition) is 4. The molecule has 1 unspecified atom stereocenters. The third-order valence-electron chi connectivity index (χ3n) is 2.63. The zero-order chi connectivity index (χ0) is 14.7. The molecule has 4 nitrogen and oxygen atoms in total. The van der Waals surface area contributed by atoms with Crippen LogP contribution in [0.25, 0.3) is 0 Å². The third-order valence-corrected chi connectivity index (χ3v) is 3.76. The van der Waals surface area contributed by atoms with Crippen molar-refractivity contribution in [2.75, 3.05) is 6.26 Å². The Bertz CT molecular complexity index is 512. The Balaban J connectivity index is 2.83. The van der Waals surface area contributed by atoms with Gasteiger partial charge in [0.25, 0.3) is 0 Å². The summed E-state index contributed by atoms with van der Waals surface area (Å²) in [4.78, 5) is 0.114. The van der Waals surface area contributed by atoms with Gasteiger partial charge in [-0.25, -0.2) is 8.42 Å². The number of hydrogen-bond donors (Lipinski definition) is 2. The topological polar surface area (TPSA) is 72.2 Å². The summed E-state index contributed by atoms with van der Waals surface area (Å²) in [6.45, 7) is 0. The molecule has 0 bridgehead atoms. The summed E-state index contributed by atoms with van der Waals surface area (Å²) in [6.07, 6.45) is -4.36. The Hall–Kier alpha value is -1.12. The van der Waals surface area contributed by atoms with Gasteiger partial charge in [0.15, 0.2) is 9.84 Å². The minimum Gasteiger partial charge on any atom is -0.271 e. The molecule has 0 spiro atoms. The molecule has 1 aromatic rings. The van der Waals surface area contributed by atoms with Gasteiger partial charge in [0, 0.05) is 18.7 Å². The molecule has 0 aromatic heterocycles. The molecule has 19 heavy (non-hydrogen) atoms. The molecular formula is C11H15F3N2O2S. The summed E-state index contributed by atoms with van der Waals surface area (Å²) in [5, 5.41) is 0. The number of halogens is 3. The standard InChI is InChI=1S/C11H15F3N2O2S/c1-19(17,18)9-4-2-8(3-5-9)10(16-15)6-7-11(12,13)14/h2-5,10,16H,6-7,15H2,1H3. The summed E-state index contributed by atoms with van der Waals surface area (Å²) in [6, 6.07) is 4.94. The number of alkyl halides is 3. The second-order valence-corrected chi connectivity index (χ2v) is 6.23. The van der Waals surface area contributed by atoms with Crippen molar-refractivity contribution in [3.05, 3.63) is 29.8 Å². The van der Waals surface area contributed by atoms with E-state index in [0.717, 1.165) is 6.26 Å². The molecule has 0 aliphatic rings. The molecule has 0 aliphatic carbocycles. The lowest BCUT2D eigenvalue weighted by atomic mass is 10.0. The monoisotopic (exact) mass is 296 g/mol. The maximum absolute atomic E-state index is 12.1. The van der Waals surface area contributed by atoms with Gasteiger partial charge in [-0.1, -0.05) is 12.1 Å². The van der Waals surface area contributed by atoms with E-state index in [0.29, 0.717) is 5.56 Å². The average Bonchev–Trinajstić information content (AvgIpc) is 2.28. The largest absolute Gasteiger partial charge is 0.389 e. The van der Waals surface area contributed by atoms with Gasteiger partial charge in [-0.3, -0.25) is 11.3 Å². The average molecular weight is 296 g/mol. The molecule has 8 heteroatoms. The van der Waals surface area contributed by atoms with E-state index in [4.69, 9.17) is 5.84 Å². The van der Waals surface area contributed by atoms with E-state index < -0.39 is 28.5 Å². The lowest BCUT2D eigenvalue weighted by Crippen LogP contribution is -2.29. The van der Waals surface area contributed by atoms with Gasteiger partial charge < -0.3 is 0 Å². The fourth-order valence-electron chi connectivity index (χ4n) is 1.60. The summed E-state index contributed by atoms with van der Waals surface area (Å²) < 4.78 is 58.9. The molecule has 0 radical (unpaired) electrons. The van der Waals surface area contributed by atoms with Gasteiger partial charge in [0.1, 0.15) is 0 Å². The Labute approximate surface area is 109 Å². The van der Waals surface area contributed by atoms with E-state index in [2.05, 4.69) is 5.43 Å². The molecule has 0 saturated heterocycles. The SMILES string of the molecule is CS(=O)(=O)c1ccc(C(CCC(F)(F)F)NN)cc1. The Morgan fingerprint density at radius 3 is 2.16 bits per heavy atom. The fraction of sp³-hybridized carbons (Fsp3) is 0.455. The van der Waals surface area contributed by atoms with Crippen LogP contribution in [0.2, 0.25) is 0 Å². The predicted octanol–water partition coefficient (Wildman–Crippen LogP) is 1.94. The van der Waals surface area contributed by atoms with Crippen molar-refractivity contribution in [3.8, 4) is 0 Å². The number of rotatable bonds is 5. The molecule has 0 aliphatic heterocycles. The van der Waals surface area contributed by atoms with Crippen LogP contribution in [0.1, 0.15) is 24.4 Å². The molecule has 1 aromatic carbocycles. The lowest BCUT2D eigenvalue weighted by Gasteiger charge is -2.17. The van der Waals surface area contributed by atoms with Crippen molar-refractivity contribution in [2.24, 2.45) is 5.84 Å². The number of nitrogens with one attached hydrogen (secondary N) is 1. The van der Waals surface area contributed by atoms with Crippen molar-refractivity contribution in [1.82, 2.24) is 5.43 Å². The van der Waals surface area contributed by atoms with Crippen molar-refractivity contribution in [3.63, 3.8) is 0 Å². The maximum Gasteiger partial charge on any atom is 0.389 e.